The first-order valence-corrected chi connectivity index (χ1v) is 7.40. The van der Waals surface area contributed by atoms with E-state index >= 15 is 0 Å². The fourth-order valence-electron chi connectivity index (χ4n) is 1.81. The van der Waals surface area contributed by atoms with E-state index in [1.54, 1.807) is 6.33 Å². The Morgan fingerprint density at radius 2 is 2.05 bits per heavy atom. The second-order valence-corrected chi connectivity index (χ2v) is 5.57. The predicted octanol–water partition coefficient (Wildman–Crippen LogP) is 2.31. The Kier molecular flexibility index (Phi) is 10.4. The van der Waals surface area contributed by atoms with Crippen molar-refractivity contribution in [2.45, 2.75) is 53.1 Å². The molecule has 21 heavy (non-hydrogen) atoms. The summed E-state index contributed by atoms with van der Waals surface area (Å²) >= 11 is 0. The Hall–Kier alpha value is -0.860. The predicted molar refractivity (Wildman–Crippen MR) is 97.9 cm³/mol. The molecule has 0 amide bonds. The largest absolute Gasteiger partial charge is 0.357 e. The summed E-state index contributed by atoms with van der Waals surface area (Å²) in [6, 6.07) is 0.412. The monoisotopic (exact) mass is 408 g/mol. The zero-order valence-electron chi connectivity index (χ0n) is 13.8. The SMILES string of the molecule is CCNC(=NCc1nncn1C)NC(C)CCC(C)C.I. The van der Waals surface area contributed by atoms with Gasteiger partial charge in [0.1, 0.15) is 12.9 Å². The highest BCUT2D eigenvalue weighted by molar-refractivity contribution is 14.0. The number of nitrogens with zero attached hydrogens (tertiary/aromatic N) is 4. The maximum atomic E-state index is 4.55. The average molecular weight is 408 g/mol. The number of halogens is 1. The summed E-state index contributed by atoms with van der Waals surface area (Å²) in [4.78, 5) is 4.55. The lowest BCUT2D eigenvalue weighted by Crippen LogP contribution is -2.42. The molecule has 122 valence electrons. The molecule has 1 aromatic rings. The minimum absolute atomic E-state index is 0. The fraction of sp³-hybridized carbons (Fsp3) is 0.786. The van der Waals surface area contributed by atoms with Gasteiger partial charge in [-0.2, -0.15) is 0 Å². The number of aromatic nitrogens is 3. The normalized spacial score (nSPS) is 13.0. The molecular formula is C14H29IN6. The van der Waals surface area contributed by atoms with E-state index < -0.39 is 0 Å². The first-order chi connectivity index (χ1) is 9.52. The molecule has 0 radical (unpaired) electrons. The van der Waals surface area contributed by atoms with Gasteiger partial charge in [0.15, 0.2) is 11.8 Å². The van der Waals surface area contributed by atoms with Crippen molar-refractivity contribution in [2.24, 2.45) is 18.0 Å². The lowest BCUT2D eigenvalue weighted by atomic mass is 10.0. The molecule has 1 heterocycles. The number of aliphatic imine (C=N–C) groups is 1. The number of hydrogen-bond donors (Lipinski definition) is 2. The third kappa shape index (κ3) is 8.23. The molecule has 6 nitrogen and oxygen atoms in total. The van der Waals surface area contributed by atoms with Crippen molar-refractivity contribution in [3.05, 3.63) is 12.2 Å². The maximum Gasteiger partial charge on any atom is 0.191 e. The Morgan fingerprint density at radius 3 is 2.57 bits per heavy atom. The lowest BCUT2D eigenvalue weighted by molar-refractivity contribution is 0.489. The van der Waals surface area contributed by atoms with E-state index in [0.29, 0.717) is 12.6 Å². The molecule has 0 fully saturated rings. The van der Waals surface area contributed by atoms with E-state index in [0.717, 1.165) is 30.7 Å². The van der Waals surface area contributed by atoms with Gasteiger partial charge in [-0.25, -0.2) is 4.99 Å². The highest BCUT2D eigenvalue weighted by atomic mass is 127. The summed E-state index contributed by atoms with van der Waals surface area (Å²) in [6.45, 7) is 10.1. The third-order valence-electron chi connectivity index (χ3n) is 3.09. The highest BCUT2D eigenvalue weighted by Crippen LogP contribution is 2.06. The fourth-order valence-corrected chi connectivity index (χ4v) is 1.81. The molecule has 0 saturated carbocycles. The molecule has 1 aromatic heterocycles. The summed E-state index contributed by atoms with van der Waals surface area (Å²) in [5.41, 5.74) is 0. The van der Waals surface area contributed by atoms with Crippen molar-refractivity contribution in [1.29, 1.82) is 0 Å². The van der Waals surface area contributed by atoms with Crippen LogP contribution in [0.2, 0.25) is 0 Å². The van der Waals surface area contributed by atoms with Crippen LogP contribution in [0.5, 0.6) is 0 Å². The molecule has 7 heteroatoms. The average Bonchev–Trinajstić information content (AvgIpc) is 2.79. The van der Waals surface area contributed by atoms with Crippen LogP contribution in [0.15, 0.2) is 11.3 Å². The van der Waals surface area contributed by atoms with E-state index in [1.165, 1.54) is 6.42 Å². The van der Waals surface area contributed by atoms with Crippen LogP contribution in [-0.2, 0) is 13.6 Å². The molecule has 0 bridgehead atoms. The molecule has 1 atom stereocenters. The van der Waals surface area contributed by atoms with E-state index in [2.05, 4.69) is 53.5 Å². The second kappa shape index (κ2) is 10.8. The van der Waals surface area contributed by atoms with Gasteiger partial charge in [0.2, 0.25) is 0 Å². The minimum Gasteiger partial charge on any atom is -0.357 e. The van der Waals surface area contributed by atoms with Crippen LogP contribution >= 0.6 is 24.0 Å². The van der Waals surface area contributed by atoms with Crippen molar-refractivity contribution in [1.82, 2.24) is 25.4 Å². The summed E-state index contributed by atoms with van der Waals surface area (Å²) in [6.07, 6.45) is 4.05. The first kappa shape index (κ1) is 20.1. The molecule has 0 aromatic carbocycles. The standard InChI is InChI=1S/C14H28N6.HI/c1-6-15-14(18-12(4)8-7-11(2)3)16-9-13-19-17-10-20(13)5;/h10-12H,6-9H2,1-5H3,(H2,15,16,18);1H. The first-order valence-electron chi connectivity index (χ1n) is 7.40. The Balaban J connectivity index is 0.00000400. The van der Waals surface area contributed by atoms with Crippen LogP contribution < -0.4 is 10.6 Å². The Labute approximate surface area is 145 Å². The van der Waals surface area contributed by atoms with Crippen LogP contribution in [0.1, 0.15) is 46.4 Å². The zero-order chi connectivity index (χ0) is 15.0. The molecule has 1 rings (SSSR count). The lowest BCUT2D eigenvalue weighted by Gasteiger charge is -2.18. The van der Waals surface area contributed by atoms with Gasteiger partial charge in [-0.1, -0.05) is 13.8 Å². The van der Waals surface area contributed by atoms with Gasteiger partial charge in [-0.05, 0) is 32.6 Å². The summed E-state index contributed by atoms with van der Waals surface area (Å²) in [7, 11) is 1.93. The number of hydrogen-bond acceptors (Lipinski definition) is 3. The Bertz CT molecular complexity index is 415. The van der Waals surface area contributed by atoms with Crippen molar-refractivity contribution in [2.75, 3.05) is 6.54 Å². The van der Waals surface area contributed by atoms with E-state index in [9.17, 15) is 0 Å². The maximum absolute atomic E-state index is 4.55. The van der Waals surface area contributed by atoms with Gasteiger partial charge in [0.25, 0.3) is 0 Å². The van der Waals surface area contributed by atoms with Crippen LogP contribution in [0, 0.1) is 5.92 Å². The van der Waals surface area contributed by atoms with Gasteiger partial charge in [-0.3, -0.25) is 0 Å². The highest BCUT2D eigenvalue weighted by Gasteiger charge is 2.07. The second-order valence-electron chi connectivity index (χ2n) is 5.57. The quantitative estimate of drug-likeness (QED) is 0.413. The molecule has 0 aliphatic carbocycles. The topological polar surface area (TPSA) is 67.1 Å². The van der Waals surface area contributed by atoms with Gasteiger partial charge in [0, 0.05) is 19.6 Å². The van der Waals surface area contributed by atoms with Crippen molar-refractivity contribution in [3.8, 4) is 0 Å². The molecule has 1 unspecified atom stereocenters. The molecular weight excluding hydrogens is 379 g/mol. The van der Waals surface area contributed by atoms with Crippen molar-refractivity contribution < 1.29 is 0 Å². The molecule has 0 spiro atoms. The third-order valence-corrected chi connectivity index (χ3v) is 3.09. The molecule has 0 saturated heterocycles. The summed E-state index contributed by atoms with van der Waals surface area (Å²) in [5.74, 6) is 2.43. The smallest absolute Gasteiger partial charge is 0.191 e. The van der Waals surface area contributed by atoms with Crippen molar-refractivity contribution >= 4 is 29.9 Å². The summed E-state index contributed by atoms with van der Waals surface area (Å²) < 4.78 is 1.88. The molecule has 2 N–H and O–H groups in total. The zero-order valence-corrected chi connectivity index (χ0v) is 16.1. The number of aryl methyl sites for hydroxylation is 1. The van der Waals surface area contributed by atoms with E-state index in [4.69, 9.17) is 0 Å². The van der Waals surface area contributed by atoms with Crippen LogP contribution in [0.3, 0.4) is 0 Å². The van der Waals surface area contributed by atoms with Crippen LogP contribution in [0.4, 0.5) is 0 Å². The van der Waals surface area contributed by atoms with Gasteiger partial charge in [0.05, 0.1) is 0 Å². The van der Waals surface area contributed by atoms with Crippen molar-refractivity contribution in [3.63, 3.8) is 0 Å². The van der Waals surface area contributed by atoms with Crippen LogP contribution in [0.25, 0.3) is 0 Å². The summed E-state index contributed by atoms with van der Waals surface area (Å²) in [5, 5.41) is 14.6. The number of rotatable bonds is 7. The minimum atomic E-state index is 0. The number of nitrogens with one attached hydrogen (secondary N) is 2. The van der Waals surface area contributed by atoms with Gasteiger partial charge >= 0.3 is 0 Å². The molecule has 0 aliphatic rings. The number of guanidine groups is 1. The van der Waals surface area contributed by atoms with Gasteiger partial charge in [-0.15, -0.1) is 34.2 Å². The Morgan fingerprint density at radius 1 is 1.33 bits per heavy atom. The van der Waals surface area contributed by atoms with Crippen LogP contribution in [-0.4, -0.2) is 33.3 Å². The van der Waals surface area contributed by atoms with E-state index in [1.807, 2.05) is 11.6 Å². The van der Waals surface area contributed by atoms with E-state index in [-0.39, 0.29) is 24.0 Å². The molecule has 0 aliphatic heterocycles. The van der Waals surface area contributed by atoms with Gasteiger partial charge < -0.3 is 15.2 Å².